The van der Waals surface area contributed by atoms with E-state index in [2.05, 4.69) is 42.5 Å². The van der Waals surface area contributed by atoms with Crippen LogP contribution in [0.1, 0.15) is 104 Å². The molecule has 10 rings (SSSR count). The van der Waals surface area contributed by atoms with Crippen LogP contribution < -0.4 is 21.2 Å². The molecule has 4 saturated heterocycles. The number of alkyl halides is 2. The highest BCUT2D eigenvalue weighted by atomic mass is 19.3. The number of nitrogens with zero attached hydrogens (tertiary/aromatic N) is 9. The van der Waals surface area contributed by atoms with Gasteiger partial charge in [-0.15, -0.1) is 0 Å². The summed E-state index contributed by atoms with van der Waals surface area (Å²) in [6.07, 6.45) is 9.82. The van der Waals surface area contributed by atoms with Crippen molar-refractivity contribution in [2.24, 2.45) is 18.9 Å². The second-order valence-electron chi connectivity index (χ2n) is 17.5. The fourth-order valence-electron chi connectivity index (χ4n) is 10.3. The molecule has 2 unspecified atom stereocenters. The standard InChI is InChI=1S/C44H49F2N11O5/c1-52-39-28(6-3-7-34(39)57(44(52)61)35-12-13-37(58)50-43(35)60)5-2-4-26-14-17-53(18-15-26)22-27-8-10-29(11-9-27)56-24-33(38(51-56)40(45)46)48-42(59)32-21-47-55-19-16-36(49-41(32)55)54-23-31-20-30(54)25-62-31/h3,6-7,16,19,21,24,26-27,29-31,35,40H,4,8-15,17-18,20,22-23,25H2,1H3,(H,48,59)(H,50,58,60)/t27-,29-,30?,31-,35?/m1/s1. The largest absolute Gasteiger partial charge is 0.374 e. The zero-order valence-corrected chi connectivity index (χ0v) is 34.5. The first-order chi connectivity index (χ1) is 30.1. The number of para-hydroxylation sites is 1. The van der Waals surface area contributed by atoms with Gasteiger partial charge >= 0.3 is 5.69 Å². The molecule has 1 saturated carbocycles. The monoisotopic (exact) mass is 849 g/mol. The van der Waals surface area contributed by atoms with Crippen LogP contribution in [0.5, 0.6) is 0 Å². The number of piperidine rings is 2. The Labute approximate surface area is 355 Å². The number of aryl methyl sites for hydroxylation is 1. The Morgan fingerprint density at radius 1 is 1.03 bits per heavy atom. The van der Waals surface area contributed by atoms with Crippen LogP contribution in [0.4, 0.5) is 20.3 Å². The quantitative estimate of drug-likeness (QED) is 0.158. The summed E-state index contributed by atoms with van der Waals surface area (Å²) in [6.45, 7) is 4.35. The van der Waals surface area contributed by atoms with Gasteiger partial charge in [0.15, 0.2) is 11.3 Å². The number of aromatic nitrogens is 7. The summed E-state index contributed by atoms with van der Waals surface area (Å²) in [6, 6.07) is 6.89. The number of fused-ring (bicyclic) bond motifs is 4. The average molecular weight is 850 g/mol. The van der Waals surface area contributed by atoms with Crippen LogP contribution in [-0.4, -0.2) is 101 Å². The highest BCUT2D eigenvalue weighted by Crippen LogP contribution is 2.37. The molecule has 4 aliphatic heterocycles. The zero-order valence-electron chi connectivity index (χ0n) is 34.5. The third-order valence-electron chi connectivity index (χ3n) is 13.7. The molecule has 0 radical (unpaired) electrons. The number of hydrogen-bond donors (Lipinski definition) is 2. The van der Waals surface area contributed by atoms with E-state index >= 15 is 0 Å². The number of anilines is 2. The van der Waals surface area contributed by atoms with E-state index in [1.165, 1.54) is 19.8 Å². The number of likely N-dealkylation sites (tertiary alicyclic amines) is 1. The number of imide groups is 1. The van der Waals surface area contributed by atoms with Crippen LogP contribution >= 0.6 is 0 Å². The van der Waals surface area contributed by atoms with E-state index in [1.807, 2.05) is 24.3 Å². The third kappa shape index (κ3) is 7.54. The van der Waals surface area contributed by atoms with E-state index in [0.29, 0.717) is 35.1 Å². The summed E-state index contributed by atoms with van der Waals surface area (Å²) < 4.78 is 40.5. The number of benzene rings is 1. The first-order valence-electron chi connectivity index (χ1n) is 21.7. The van der Waals surface area contributed by atoms with Crippen molar-refractivity contribution in [3.8, 4) is 11.8 Å². The average Bonchev–Trinajstić information content (AvgIpc) is 4.12. The molecule has 16 nitrogen and oxygen atoms in total. The number of amides is 3. The van der Waals surface area contributed by atoms with Crippen LogP contribution in [0, 0.1) is 23.7 Å². The van der Waals surface area contributed by atoms with Gasteiger partial charge in [-0.1, -0.05) is 17.9 Å². The van der Waals surface area contributed by atoms with Crippen molar-refractivity contribution >= 4 is 45.9 Å². The lowest BCUT2D eigenvalue weighted by molar-refractivity contribution is -0.135. The minimum absolute atomic E-state index is 0.00395. The molecule has 1 aromatic carbocycles. The van der Waals surface area contributed by atoms with Gasteiger partial charge in [-0.3, -0.25) is 33.5 Å². The Kier molecular flexibility index (Phi) is 10.6. The highest BCUT2D eigenvalue weighted by Gasteiger charge is 2.40. The van der Waals surface area contributed by atoms with E-state index in [-0.39, 0.29) is 53.9 Å². The second kappa shape index (κ2) is 16.4. The van der Waals surface area contributed by atoms with Gasteiger partial charge in [-0.2, -0.15) is 10.2 Å². The molecule has 62 heavy (non-hydrogen) atoms. The normalized spacial score (nSPS) is 24.6. The smallest absolute Gasteiger partial charge is 0.329 e. The SMILES string of the molecule is Cn1c(=O)n(C2CCC(=O)NC2=O)c2cccc(C#CCC3CCN(C[C@H]4CC[C@H](n5cc(NC(=O)c6cnn7ccc(N8C[C@H]9CC8CO9)nc67)c(C(F)F)n5)CC4)CC3)c21. The molecule has 5 fully saturated rings. The summed E-state index contributed by atoms with van der Waals surface area (Å²) in [4.78, 5) is 60.6. The lowest BCUT2D eigenvalue weighted by atomic mass is 9.85. The number of hydrogen-bond acceptors (Lipinski definition) is 10. The van der Waals surface area contributed by atoms with Gasteiger partial charge < -0.3 is 19.9 Å². The highest BCUT2D eigenvalue weighted by molar-refractivity contribution is 6.08. The van der Waals surface area contributed by atoms with Gasteiger partial charge in [-0.05, 0) is 94.5 Å². The van der Waals surface area contributed by atoms with E-state index in [4.69, 9.17) is 9.72 Å². The molecular formula is C44H49F2N11O5. The van der Waals surface area contributed by atoms with Crippen LogP contribution in [0.25, 0.3) is 16.7 Å². The van der Waals surface area contributed by atoms with Crippen molar-refractivity contribution in [2.75, 3.05) is 43.0 Å². The van der Waals surface area contributed by atoms with Gasteiger partial charge in [0.25, 0.3) is 12.3 Å². The van der Waals surface area contributed by atoms with Crippen LogP contribution in [-0.2, 0) is 21.4 Å². The zero-order chi connectivity index (χ0) is 42.6. The summed E-state index contributed by atoms with van der Waals surface area (Å²) in [7, 11) is 1.69. The lowest BCUT2D eigenvalue weighted by Crippen LogP contribution is -2.44. The molecule has 18 heteroatoms. The topological polar surface area (TPSA) is 166 Å². The van der Waals surface area contributed by atoms with Crippen molar-refractivity contribution in [1.82, 2.24) is 43.7 Å². The number of halogens is 2. The van der Waals surface area contributed by atoms with Gasteiger partial charge in [-0.25, -0.2) is 23.1 Å². The number of nitrogens with one attached hydrogen (secondary N) is 2. The molecule has 1 aliphatic carbocycles. The second-order valence-corrected chi connectivity index (χ2v) is 17.5. The molecule has 5 aliphatic rings. The molecule has 0 spiro atoms. The third-order valence-corrected chi connectivity index (χ3v) is 13.7. The Bertz CT molecular complexity index is 2680. The minimum atomic E-state index is -2.86. The number of ether oxygens (including phenoxy) is 1. The summed E-state index contributed by atoms with van der Waals surface area (Å²) >= 11 is 0. The van der Waals surface area contributed by atoms with Crippen LogP contribution in [0.3, 0.4) is 0 Å². The fraction of sp³-hybridized carbons (Fsp3) is 0.523. The maximum absolute atomic E-state index is 14.3. The number of morpholine rings is 1. The van der Waals surface area contributed by atoms with Gasteiger partial charge in [0, 0.05) is 45.4 Å². The van der Waals surface area contributed by atoms with Gasteiger partial charge in [0.2, 0.25) is 11.8 Å². The lowest BCUT2D eigenvalue weighted by Gasteiger charge is -2.36. The molecule has 5 aromatic rings. The van der Waals surface area contributed by atoms with Crippen LogP contribution in [0.15, 0.2) is 47.7 Å². The molecule has 8 heterocycles. The number of imidazole rings is 1. The Morgan fingerprint density at radius 3 is 2.60 bits per heavy atom. The van der Waals surface area contributed by atoms with Gasteiger partial charge in [0.05, 0.1) is 53.3 Å². The molecular weight excluding hydrogens is 801 g/mol. The predicted molar refractivity (Wildman–Crippen MR) is 224 cm³/mol. The van der Waals surface area contributed by atoms with Crippen molar-refractivity contribution in [2.45, 2.75) is 94.9 Å². The Hall–Kier alpha value is -5.93. The Balaban J connectivity index is 0.718. The van der Waals surface area contributed by atoms with Crippen molar-refractivity contribution < 1.29 is 27.9 Å². The van der Waals surface area contributed by atoms with Crippen molar-refractivity contribution in [3.63, 3.8) is 0 Å². The molecule has 2 bridgehead atoms. The summed E-state index contributed by atoms with van der Waals surface area (Å²) in [5.74, 6) is 7.03. The number of carbonyl (C=O) groups is 3. The minimum Gasteiger partial charge on any atom is -0.374 e. The fourth-order valence-corrected chi connectivity index (χ4v) is 10.3. The maximum Gasteiger partial charge on any atom is 0.329 e. The first-order valence-corrected chi connectivity index (χ1v) is 21.7. The molecule has 3 amide bonds. The molecule has 4 aromatic heterocycles. The molecule has 2 N–H and O–H groups in total. The molecule has 3 atom stereocenters. The van der Waals surface area contributed by atoms with Crippen LogP contribution in [0.2, 0.25) is 0 Å². The van der Waals surface area contributed by atoms with Gasteiger partial charge in [0.1, 0.15) is 17.4 Å². The number of carbonyl (C=O) groups excluding carboxylic acids is 3. The van der Waals surface area contributed by atoms with E-state index in [0.717, 1.165) is 88.9 Å². The van der Waals surface area contributed by atoms with Crippen molar-refractivity contribution in [1.29, 1.82) is 0 Å². The van der Waals surface area contributed by atoms with E-state index in [9.17, 15) is 28.0 Å². The first kappa shape index (κ1) is 40.2. The predicted octanol–water partition coefficient (Wildman–Crippen LogP) is 4.61. The van der Waals surface area contributed by atoms with Crippen molar-refractivity contribution in [3.05, 3.63) is 70.2 Å². The number of rotatable bonds is 9. The summed E-state index contributed by atoms with van der Waals surface area (Å²) in [5.41, 5.74) is 1.83. The molecule has 324 valence electrons. The maximum atomic E-state index is 14.3. The summed E-state index contributed by atoms with van der Waals surface area (Å²) in [5, 5.41) is 13.6. The Morgan fingerprint density at radius 2 is 1.85 bits per heavy atom. The van der Waals surface area contributed by atoms with E-state index < -0.39 is 30.0 Å². The van der Waals surface area contributed by atoms with E-state index in [1.54, 1.807) is 24.1 Å².